The highest BCUT2D eigenvalue weighted by molar-refractivity contribution is 5.80. The number of hydrogen-bond donors (Lipinski definition) is 1. The van der Waals surface area contributed by atoms with Crippen LogP contribution in [0.4, 0.5) is 0 Å². The molecule has 1 unspecified atom stereocenters. The first-order valence-corrected chi connectivity index (χ1v) is 9.97. The molecule has 3 aromatic rings. The molecule has 0 saturated carbocycles. The van der Waals surface area contributed by atoms with E-state index in [1.165, 1.54) is 0 Å². The topological polar surface area (TPSA) is 56.8 Å². The third-order valence-electron chi connectivity index (χ3n) is 4.63. The molecule has 0 aromatic heterocycles. The number of methoxy groups -OCH3 is 1. The van der Waals surface area contributed by atoms with Gasteiger partial charge in [-0.25, -0.2) is 0 Å². The molecule has 0 fully saturated rings. The van der Waals surface area contributed by atoms with Crippen molar-refractivity contribution in [2.24, 2.45) is 0 Å². The monoisotopic (exact) mass is 405 g/mol. The van der Waals surface area contributed by atoms with Crippen molar-refractivity contribution in [3.8, 4) is 22.6 Å². The fourth-order valence-corrected chi connectivity index (χ4v) is 2.99. The van der Waals surface area contributed by atoms with Gasteiger partial charge in [0.2, 0.25) is 5.91 Å². The number of benzene rings is 3. The largest absolute Gasteiger partial charge is 0.497 e. The molecule has 0 heterocycles. The molecule has 3 rings (SSSR count). The molecule has 156 valence electrons. The quantitative estimate of drug-likeness (QED) is 0.506. The molecule has 0 bridgehead atoms. The molecule has 0 saturated heterocycles. The van der Waals surface area contributed by atoms with E-state index < -0.39 is 6.10 Å². The second-order valence-corrected chi connectivity index (χ2v) is 6.81. The van der Waals surface area contributed by atoms with Crippen LogP contribution in [0.1, 0.15) is 12.5 Å². The summed E-state index contributed by atoms with van der Waals surface area (Å²) >= 11 is 0. The van der Waals surface area contributed by atoms with Gasteiger partial charge in [0.25, 0.3) is 0 Å². The number of nitrogens with one attached hydrogen (secondary N) is 1. The van der Waals surface area contributed by atoms with Gasteiger partial charge >= 0.3 is 0 Å². The van der Waals surface area contributed by atoms with Crippen LogP contribution in [0.5, 0.6) is 11.5 Å². The molecular weight excluding hydrogens is 378 g/mol. The van der Waals surface area contributed by atoms with Crippen LogP contribution in [0.15, 0.2) is 78.9 Å². The second kappa shape index (κ2) is 11.0. The van der Waals surface area contributed by atoms with Gasteiger partial charge in [-0.15, -0.1) is 0 Å². The van der Waals surface area contributed by atoms with Crippen LogP contribution in [0.3, 0.4) is 0 Å². The Hall–Kier alpha value is -3.31. The summed E-state index contributed by atoms with van der Waals surface area (Å²) in [4.78, 5) is 12.3. The minimum atomic E-state index is -0.562. The zero-order valence-electron chi connectivity index (χ0n) is 17.3. The van der Waals surface area contributed by atoms with Gasteiger partial charge in [0, 0.05) is 5.56 Å². The van der Waals surface area contributed by atoms with Crippen LogP contribution >= 0.6 is 0 Å². The predicted octanol–water partition coefficient (Wildman–Crippen LogP) is 4.46. The zero-order valence-corrected chi connectivity index (χ0v) is 17.3. The van der Waals surface area contributed by atoms with E-state index >= 15 is 0 Å². The van der Waals surface area contributed by atoms with Gasteiger partial charge < -0.3 is 19.5 Å². The van der Waals surface area contributed by atoms with E-state index in [2.05, 4.69) is 5.32 Å². The highest BCUT2D eigenvalue weighted by atomic mass is 16.5. The number of ether oxygens (including phenoxy) is 3. The molecule has 5 nitrogen and oxygen atoms in total. The second-order valence-electron chi connectivity index (χ2n) is 6.81. The summed E-state index contributed by atoms with van der Waals surface area (Å²) in [6.07, 6.45) is -0.562. The zero-order chi connectivity index (χ0) is 21.2. The Morgan fingerprint density at radius 3 is 2.53 bits per heavy atom. The number of carbonyl (C=O) groups is 1. The normalized spacial score (nSPS) is 11.5. The summed E-state index contributed by atoms with van der Waals surface area (Å²) in [7, 11) is 1.62. The minimum absolute atomic E-state index is 0.169. The van der Waals surface area contributed by atoms with Crippen molar-refractivity contribution >= 4 is 5.91 Å². The summed E-state index contributed by atoms with van der Waals surface area (Å²) in [6.45, 7) is 2.85. The fourth-order valence-electron chi connectivity index (χ4n) is 2.99. The summed E-state index contributed by atoms with van der Waals surface area (Å²) in [6, 6.07) is 25.6. The lowest BCUT2D eigenvalue weighted by Crippen LogP contribution is -2.36. The Bertz CT molecular complexity index is 943. The molecule has 0 aliphatic rings. The van der Waals surface area contributed by atoms with E-state index in [-0.39, 0.29) is 5.91 Å². The summed E-state index contributed by atoms with van der Waals surface area (Å²) in [5, 5.41) is 2.86. The van der Waals surface area contributed by atoms with Crippen molar-refractivity contribution in [3.05, 3.63) is 84.4 Å². The maximum Gasteiger partial charge on any atom is 0.248 e. The van der Waals surface area contributed by atoms with Gasteiger partial charge in [-0.05, 0) is 36.2 Å². The Morgan fingerprint density at radius 1 is 0.967 bits per heavy atom. The standard InChI is InChI=1S/C25H27NO4/c1-19(30-18-20-9-8-12-22(17-20)28-2)25(27)26-15-16-29-24-14-7-6-13-23(24)21-10-4-3-5-11-21/h3-14,17,19H,15-16,18H2,1-2H3,(H,26,27). The molecule has 30 heavy (non-hydrogen) atoms. The van der Waals surface area contributed by atoms with E-state index in [0.717, 1.165) is 28.2 Å². The lowest BCUT2D eigenvalue weighted by molar-refractivity contribution is -0.132. The van der Waals surface area contributed by atoms with Crippen molar-refractivity contribution in [2.75, 3.05) is 20.3 Å². The van der Waals surface area contributed by atoms with Crippen LogP contribution in [-0.4, -0.2) is 32.3 Å². The van der Waals surface area contributed by atoms with Gasteiger partial charge in [-0.1, -0.05) is 60.7 Å². The molecule has 5 heteroatoms. The molecule has 3 aromatic carbocycles. The molecule has 0 aliphatic carbocycles. The van der Waals surface area contributed by atoms with Crippen molar-refractivity contribution in [1.29, 1.82) is 0 Å². The van der Waals surface area contributed by atoms with Crippen LogP contribution in [-0.2, 0) is 16.1 Å². The maximum absolute atomic E-state index is 12.3. The average molecular weight is 405 g/mol. The molecule has 0 radical (unpaired) electrons. The van der Waals surface area contributed by atoms with Gasteiger partial charge in [0.1, 0.15) is 24.2 Å². The van der Waals surface area contributed by atoms with Crippen molar-refractivity contribution < 1.29 is 19.0 Å². The first kappa shape index (κ1) is 21.4. The Balaban J connectivity index is 1.44. The van der Waals surface area contributed by atoms with Crippen LogP contribution in [0, 0.1) is 0 Å². The van der Waals surface area contributed by atoms with Gasteiger partial charge in [-0.3, -0.25) is 4.79 Å². The smallest absolute Gasteiger partial charge is 0.248 e. The Morgan fingerprint density at radius 2 is 1.73 bits per heavy atom. The number of carbonyl (C=O) groups excluding carboxylic acids is 1. The van der Waals surface area contributed by atoms with Crippen molar-refractivity contribution in [3.63, 3.8) is 0 Å². The van der Waals surface area contributed by atoms with E-state index in [1.54, 1.807) is 14.0 Å². The van der Waals surface area contributed by atoms with Crippen molar-refractivity contribution in [2.45, 2.75) is 19.6 Å². The minimum Gasteiger partial charge on any atom is -0.497 e. The number of rotatable bonds is 10. The number of amides is 1. The maximum atomic E-state index is 12.3. The lowest BCUT2D eigenvalue weighted by Gasteiger charge is -2.15. The van der Waals surface area contributed by atoms with Crippen LogP contribution in [0.2, 0.25) is 0 Å². The third-order valence-corrected chi connectivity index (χ3v) is 4.63. The van der Waals surface area contributed by atoms with E-state index in [1.807, 2.05) is 78.9 Å². The van der Waals surface area contributed by atoms with E-state index in [0.29, 0.717) is 19.8 Å². The van der Waals surface area contributed by atoms with E-state index in [4.69, 9.17) is 14.2 Å². The summed E-state index contributed by atoms with van der Waals surface area (Å²) < 4.78 is 16.8. The first-order chi connectivity index (χ1) is 14.7. The van der Waals surface area contributed by atoms with E-state index in [9.17, 15) is 4.79 Å². The van der Waals surface area contributed by atoms with Crippen LogP contribution in [0.25, 0.3) is 11.1 Å². The summed E-state index contributed by atoms with van der Waals surface area (Å²) in [5.74, 6) is 1.39. The number of para-hydroxylation sites is 1. The Kier molecular flexibility index (Phi) is 7.86. The van der Waals surface area contributed by atoms with Gasteiger partial charge in [0.15, 0.2) is 0 Å². The molecule has 1 N–H and O–H groups in total. The molecule has 0 spiro atoms. The van der Waals surface area contributed by atoms with Crippen LogP contribution < -0.4 is 14.8 Å². The highest BCUT2D eigenvalue weighted by Gasteiger charge is 2.13. The predicted molar refractivity (Wildman–Crippen MR) is 118 cm³/mol. The fraction of sp³-hybridized carbons (Fsp3) is 0.240. The van der Waals surface area contributed by atoms with Gasteiger partial charge in [0.05, 0.1) is 20.3 Å². The lowest BCUT2D eigenvalue weighted by atomic mass is 10.1. The molecule has 1 atom stereocenters. The first-order valence-electron chi connectivity index (χ1n) is 9.97. The SMILES string of the molecule is COc1cccc(COC(C)C(=O)NCCOc2ccccc2-c2ccccc2)c1. The molecular formula is C25H27NO4. The number of hydrogen-bond acceptors (Lipinski definition) is 4. The third kappa shape index (κ3) is 6.09. The molecule has 1 amide bonds. The molecule has 0 aliphatic heterocycles. The highest BCUT2D eigenvalue weighted by Crippen LogP contribution is 2.29. The Labute approximate surface area is 177 Å². The van der Waals surface area contributed by atoms with Gasteiger partial charge in [-0.2, -0.15) is 0 Å². The average Bonchev–Trinajstić information content (AvgIpc) is 2.81. The van der Waals surface area contributed by atoms with Crippen molar-refractivity contribution in [1.82, 2.24) is 5.32 Å². The summed E-state index contributed by atoms with van der Waals surface area (Å²) in [5.41, 5.74) is 3.07.